The summed E-state index contributed by atoms with van der Waals surface area (Å²) in [6.07, 6.45) is 6.79. The van der Waals surface area contributed by atoms with Crippen LogP contribution in [0.3, 0.4) is 0 Å². The van der Waals surface area contributed by atoms with E-state index in [9.17, 15) is 9.59 Å². The van der Waals surface area contributed by atoms with Crippen molar-refractivity contribution in [2.24, 2.45) is 0 Å². The molecule has 2 aromatic rings. The van der Waals surface area contributed by atoms with Crippen LogP contribution in [0.25, 0.3) is 0 Å². The molecule has 2 aromatic heterocycles. The van der Waals surface area contributed by atoms with E-state index in [1.54, 1.807) is 34.3 Å². The van der Waals surface area contributed by atoms with Crippen molar-refractivity contribution < 1.29 is 23.2 Å². The quantitative estimate of drug-likeness (QED) is 0.624. The van der Waals surface area contributed by atoms with Crippen molar-refractivity contribution in [1.82, 2.24) is 9.80 Å². The predicted octanol–water partition coefficient (Wildman–Crippen LogP) is 3.32. The highest BCUT2D eigenvalue weighted by molar-refractivity contribution is 5.94. The Bertz CT molecular complexity index is 720. The Labute approximate surface area is 165 Å². The van der Waals surface area contributed by atoms with Crippen LogP contribution in [-0.2, 0) is 16.1 Å². The van der Waals surface area contributed by atoms with E-state index in [0.717, 1.165) is 32.3 Å². The maximum atomic E-state index is 13.1. The van der Waals surface area contributed by atoms with E-state index in [1.807, 2.05) is 6.07 Å². The Hall–Kier alpha value is -2.54. The molecule has 1 fully saturated rings. The van der Waals surface area contributed by atoms with Crippen LogP contribution in [0.2, 0.25) is 0 Å². The Morgan fingerprint density at radius 3 is 2.61 bits per heavy atom. The molecular formula is C21H28N2O5. The van der Waals surface area contributed by atoms with Crippen molar-refractivity contribution in [1.29, 1.82) is 0 Å². The minimum atomic E-state index is -0.262. The van der Waals surface area contributed by atoms with Gasteiger partial charge in [0.1, 0.15) is 12.3 Å². The highest BCUT2D eigenvalue weighted by Crippen LogP contribution is 2.16. The van der Waals surface area contributed by atoms with Crippen LogP contribution in [0.15, 0.2) is 45.6 Å². The summed E-state index contributed by atoms with van der Waals surface area (Å²) < 4.78 is 16.4. The number of carbonyl (C=O) groups excluding carboxylic acids is 2. The average Bonchev–Trinajstić information content (AvgIpc) is 3.47. The lowest BCUT2D eigenvalue weighted by molar-refractivity contribution is -0.134. The molecule has 7 heteroatoms. The highest BCUT2D eigenvalue weighted by atomic mass is 16.5. The van der Waals surface area contributed by atoms with Gasteiger partial charge in [-0.15, -0.1) is 0 Å². The molecule has 2 amide bonds. The molecular weight excluding hydrogens is 360 g/mol. The number of amides is 2. The van der Waals surface area contributed by atoms with Crippen molar-refractivity contribution >= 4 is 11.8 Å². The smallest absolute Gasteiger partial charge is 0.290 e. The van der Waals surface area contributed by atoms with Crippen molar-refractivity contribution in [3.63, 3.8) is 0 Å². The zero-order valence-electron chi connectivity index (χ0n) is 16.3. The summed E-state index contributed by atoms with van der Waals surface area (Å²) in [5, 5.41) is 0. The SMILES string of the molecule is CCCCN(CC(=O)N(Cc1ccco1)C[C@@H]1CCCO1)C(=O)c1ccco1. The molecule has 0 saturated carbocycles. The van der Waals surface area contributed by atoms with Gasteiger partial charge in [-0.3, -0.25) is 9.59 Å². The number of rotatable bonds is 10. The topological polar surface area (TPSA) is 76.1 Å². The summed E-state index contributed by atoms with van der Waals surface area (Å²) in [5.41, 5.74) is 0. The standard InChI is InChI=1S/C21H28N2O5/c1-2-3-10-22(21(25)19-9-6-13-28-19)16-20(24)23(14-17-7-4-11-26-17)15-18-8-5-12-27-18/h4,6-7,9,11,13,18H,2-3,5,8,10,12,14-16H2,1H3/t18-/m0/s1. The normalized spacial score (nSPS) is 16.2. The van der Waals surface area contributed by atoms with Gasteiger partial charge in [0.2, 0.25) is 5.91 Å². The third kappa shape index (κ3) is 5.48. The first-order valence-electron chi connectivity index (χ1n) is 9.92. The molecule has 0 N–H and O–H groups in total. The first-order chi connectivity index (χ1) is 13.7. The van der Waals surface area contributed by atoms with Crippen LogP contribution >= 0.6 is 0 Å². The summed E-state index contributed by atoms with van der Waals surface area (Å²) in [6.45, 7) is 4.16. The lowest BCUT2D eigenvalue weighted by Crippen LogP contribution is -2.45. The molecule has 7 nitrogen and oxygen atoms in total. The number of hydrogen-bond acceptors (Lipinski definition) is 5. The molecule has 3 rings (SSSR count). The summed E-state index contributed by atoms with van der Waals surface area (Å²) in [6, 6.07) is 6.95. The molecule has 0 unspecified atom stereocenters. The van der Waals surface area contributed by atoms with E-state index in [2.05, 4.69) is 6.92 Å². The van der Waals surface area contributed by atoms with Gasteiger partial charge in [-0.1, -0.05) is 13.3 Å². The second-order valence-corrected chi connectivity index (χ2v) is 7.05. The molecule has 0 aromatic carbocycles. The van der Waals surface area contributed by atoms with Crippen LogP contribution in [0.4, 0.5) is 0 Å². The number of unbranched alkanes of at least 4 members (excludes halogenated alkanes) is 1. The molecule has 3 heterocycles. The Morgan fingerprint density at radius 2 is 1.96 bits per heavy atom. The molecule has 28 heavy (non-hydrogen) atoms. The van der Waals surface area contributed by atoms with Gasteiger partial charge >= 0.3 is 0 Å². The fourth-order valence-electron chi connectivity index (χ4n) is 3.30. The summed E-state index contributed by atoms with van der Waals surface area (Å²) in [4.78, 5) is 29.1. The first-order valence-corrected chi connectivity index (χ1v) is 9.92. The summed E-state index contributed by atoms with van der Waals surface area (Å²) in [5.74, 6) is 0.578. The molecule has 0 spiro atoms. The van der Waals surface area contributed by atoms with Crippen molar-refractivity contribution in [3.05, 3.63) is 48.3 Å². The Morgan fingerprint density at radius 1 is 1.14 bits per heavy atom. The van der Waals surface area contributed by atoms with Gasteiger partial charge in [-0.2, -0.15) is 0 Å². The molecule has 0 radical (unpaired) electrons. The first kappa shape index (κ1) is 20.2. The third-order valence-corrected chi connectivity index (χ3v) is 4.85. The summed E-state index contributed by atoms with van der Waals surface area (Å²) >= 11 is 0. The summed E-state index contributed by atoms with van der Waals surface area (Å²) in [7, 11) is 0. The minimum absolute atomic E-state index is 0.00691. The van der Waals surface area contributed by atoms with Gasteiger partial charge in [0.25, 0.3) is 5.91 Å². The molecule has 1 atom stereocenters. The fourth-order valence-corrected chi connectivity index (χ4v) is 3.30. The van der Waals surface area contributed by atoms with Crippen LogP contribution in [-0.4, -0.2) is 54.0 Å². The number of furan rings is 2. The van der Waals surface area contributed by atoms with E-state index < -0.39 is 0 Å². The molecule has 0 aliphatic carbocycles. The van der Waals surface area contributed by atoms with E-state index in [1.165, 1.54) is 6.26 Å². The maximum absolute atomic E-state index is 13.1. The van der Waals surface area contributed by atoms with Gasteiger partial charge in [-0.05, 0) is 43.5 Å². The highest BCUT2D eigenvalue weighted by Gasteiger charge is 2.27. The average molecular weight is 388 g/mol. The largest absolute Gasteiger partial charge is 0.467 e. The van der Waals surface area contributed by atoms with Gasteiger partial charge in [0.15, 0.2) is 5.76 Å². The lowest BCUT2D eigenvalue weighted by atomic mass is 10.2. The minimum Gasteiger partial charge on any atom is -0.467 e. The van der Waals surface area contributed by atoms with E-state index in [-0.39, 0.29) is 30.2 Å². The predicted molar refractivity (Wildman–Crippen MR) is 103 cm³/mol. The lowest BCUT2D eigenvalue weighted by Gasteiger charge is -2.28. The van der Waals surface area contributed by atoms with Gasteiger partial charge in [-0.25, -0.2) is 0 Å². The molecule has 0 bridgehead atoms. The zero-order valence-corrected chi connectivity index (χ0v) is 16.3. The fraction of sp³-hybridized carbons (Fsp3) is 0.524. The monoisotopic (exact) mass is 388 g/mol. The maximum Gasteiger partial charge on any atom is 0.290 e. The van der Waals surface area contributed by atoms with Crippen LogP contribution < -0.4 is 0 Å². The van der Waals surface area contributed by atoms with Gasteiger partial charge in [0, 0.05) is 19.7 Å². The van der Waals surface area contributed by atoms with Crippen molar-refractivity contribution in [3.8, 4) is 0 Å². The molecule has 1 aliphatic rings. The van der Waals surface area contributed by atoms with Gasteiger partial charge in [0.05, 0.1) is 25.2 Å². The number of carbonyl (C=O) groups is 2. The number of nitrogens with zero attached hydrogens (tertiary/aromatic N) is 2. The van der Waals surface area contributed by atoms with E-state index in [0.29, 0.717) is 25.4 Å². The van der Waals surface area contributed by atoms with E-state index >= 15 is 0 Å². The van der Waals surface area contributed by atoms with Crippen LogP contribution in [0.1, 0.15) is 48.9 Å². The Balaban J connectivity index is 1.69. The van der Waals surface area contributed by atoms with Crippen LogP contribution in [0, 0.1) is 0 Å². The molecule has 152 valence electrons. The Kier molecular flexibility index (Phi) is 7.31. The molecule has 1 aliphatic heterocycles. The third-order valence-electron chi connectivity index (χ3n) is 4.85. The zero-order chi connectivity index (χ0) is 19.8. The van der Waals surface area contributed by atoms with Crippen LogP contribution in [0.5, 0.6) is 0 Å². The van der Waals surface area contributed by atoms with E-state index in [4.69, 9.17) is 13.6 Å². The van der Waals surface area contributed by atoms with Crippen molar-refractivity contribution in [2.75, 3.05) is 26.2 Å². The number of hydrogen-bond donors (Lipinski definition) is 0. The van der Waals surface area contributed by atoms with Gasteiger partial charge < -0.3 is 23.4 Å². The second kappa shape index (κ2) is 10.1. The van der Waals surface area contributed by atoms with Crippen molar-refractivity contribution in [2.45, 2.75) is 45.3 Å². The molecule has 1 saturated heterocycles. The number of ether oxygens (including phenoxy) is 1. The second-order valence-electron chi connectivity index (χ2n) is 7.05.